The summed E-state index contributed by atoms with van der Waals surface area (Å²) in [7, 11) is 0. The van der Waals surface area contributed by atoms with Crippen LogP contribution in [0.1, 0.15) is 31.4 Å². The molecule has 0 saturated carbocycles. The Hall–Kier alpha value is -3.21. The number of hydrogen-bond acceptors (Lipinski definition) is 2. The third-order valence-electron chi connectivity index (χ3n) is 4.60. The van der Waals surface area contributed by atoms with Gasteiger partial charge in [0.05, 0.1) is 6.26 Å². The Bertz CT molecular complexity index is 1030. The van der Waals surface area contributed by atoms with E-state index >= 15 is 0 Å². The lowest BCUT2D eigenvalue weighted by Crippen LogP contribution is -2.03. The van der Waals surface area contributed by atoms with Crippen molar-refractivity contribution in [3.8, 4) is 22.6 Å². The van der Waals surface area contributed by atoms with E-state index < -0.39 is 17.5 Å². The van der Waals surface area contributed by atoms with Crippen LogP contribution in [-0.2, 0) is 13.0 Å². The molecule has 0 aliphatic carbocycles. The molecular weight excluding hydrogens is 389 g/mol. The van der Waals surface area contributed by atoms with Gasteiger partial charge >= 0.3 is 0 Å². The highest BCUT2D eigenvalue weighted by Gasteiger charge is 2.15. The highest BCUT2D eigenvalue weighted by atomic mass is 19.2. The third kappa shape index (κ3) is 5.03. The van der Waals surface area contributed by atoms with Crippen molar-refractivity contribution in [2.45, 2.75) is 33.3 Å². The number of benzene rings is 3. The molecule has 0 fully saturated rings. The van der Waals surface area contributed by atoms with E-state index in [4.69, 9.17) is 9.47 Å². The number of ether oxygens (including phenoxy) is 2. The molecule has 30 heavy (non-hydrogen) atoms. The van der Waals surface area contributed by atoms with Crippen molar-refractivity contribution < 1.29 is 22.6 Å². The summed E-state index contributed by atoms with van der Waals surface area (Å²) in [4.78, 5) is 0. The molecule has 0 unspecified atom stereocenters. The molecule has 0 N–H and O–H groups in total. The molecule has 0 saturated heterocycles. The van der Waals surface area contributed by atoms with E-state index in [1.54, 1.807) is 19.1 Å². The first-order valence-corrected chi connectivity index (χ1v) is 9.79. The Balaban J connectivity index is 1.71. The molecule has 156 valence electrons. The lowest BCUT2D eigenvalue weighted by atomic mass is 10.0. The summed E-state index contributed by atoms with van der Waals surface area (Å²) in [5.74, 6) is -3.03. The first-order chi connectivity index (χ1) is 14.5. The predicted molar refractivity (Wildman–Crippen MR) is 112 cm³/mol. The monoisotopic (exact) mass is 412 g/mol. The lowest BCUT2D eigenvalue weighted by Gasteiger charge is -2.11. The van der Waals surface area contributed by atoms with Crippen LogP contribution in [0.25, 0.3) is 11.1 Å². The molecule has 0 amide bonds. The zero-order valence-corrected chi connectivity index (χ0v) is 16.9. The van der Waals surface area contributed by atoms with Crippen LogP contribution in [0.3, 0.4) is 0 Å². The molecule has 0 aromatic heterocycles. The number of allylic oxidation sites excluding steroid dienone is 1. The molecule has 0 atom stereocenters. The van der Waals surface area contributed by atoms with Crippen LogP contribution in [0.15, 0.2) is 66.9 Å². The Morgan fingerprint density at radius 3 is 2.20 bits per heavy atom. The summed E-state index contributed by atoms with van der Waals surface area (Å²) < 4.78 is 53.1. The van der Waals surface area contributed by atoms with Gasteiger partial charge in [0.2, 0.25) is 5.82 Å². The van der Waals surface area contributed by atoms with E-state index in [0.29, 0.717) is 5.56 Å². The predicted octanol–water partition coefficient (Wildman–Crippen LogP) is 7.21. The first kappa shape index (κ1) is 21.5. The first-order valence-electron chi connectivity index (χ1n) is 9.79. The fourth-order valence-corrected chi connectivity index (χ4v) is 3.02. The maximum Gasteiger partial charge on any atom is 0.201 e. The molecule has 0 spiro atoms. The zero-order chi connectivity index (χ0) is 21.5. The number of halogens is 3. The average molecular weight is 412 g/mol. The zero-order valence-electron chi connectivity index (χ0n) is 16.9. The van der Waals surface area contributed by atoms with Gasteiger partial charge in [0.1, 0.15) is 6.61 Å². The molecule has 0 heterocycles. The maximum atomic E-state index is 14.5. The van der Waals surface area contributed by atoms with Crippen molar-refractivity contribution in [3.05, 3.63) is 95.5 Å². The van der Waals surface area contributed by atoms with E-state index in [-0.39, 0.29) is 23.7 Å². The second-order valence-corrected chi connectivity index (χ2v) is 6.82. The average Bonchev–Trinajstić information content (AvgIpc) is 2.75. The van der Waals surface area contributed by atoms with Gasteiger partial charge in [-0.2, -0.15) is 4.39 Å². The van der Waals surface area contributed by atoms with Gasteiger partial charge in [0.15, 0.2) is 23.1 Å². The van der Waals surface area contributed by atoms with Crippen LogP contribution in [0.5, 0.6) is 11.5 Å². The summed E-state index contributed by atoms with van der Waals surface area (Å²) in [6.07, 6.45) is 4.87. The van der Waals surface area contributed by atoms with Gasteiger partial charge in [0.25, 0.3) is 0 Å². The van der Waals surface area contributed by atoms with Crippen LogP contribution in [0, 0.1) is 17.5 Å². The summed E-state index contributed by atoms with van der Waals surface area (Å²) in [5, 5.41) is 0. The fraction of sp³-hybridized carbons (Fsp3) is 0.200. The van der Waals surface area contributed by atoms with Gasteiger partial charge in [-0.25, -0.2) is 8.78 Å². The van der Waals surface area contributed by atoms with Crippen molar-refractivity contribution in [2.75, 3.05) is 0 Å². The summed E-state index contributed by atoms with van der Waals surface area (Å²) in [6.45, 7) is 3.50. The minimum absolute atomic E-state index is 0.0320. The van der Waals surface area contributed by atoms with E-state index in [9.17, 15) is 13.2 Å². The molecular formula is C25H23F3O2. The largest absolute Gasteiger partial charge is 0.486 e. The van der Waals surface area contributed by atoms with Gasteiger partial charge < -0.3 is 9.47 Å². The molecule has 3 aromatic rings. The quantitative estimate of drug-likeness (QED) is 0.364. The summed E-state index contributed by atoms with van der Waals surface area (Å²) >= 11 is 0. The molecule has 0 radical (unpaired) electrons. The normalized spacial score (nSPS) is 11.1. The Kier molecular flexibility index (Phi) is 7.17. The Morgan fingerprint density at radius 2 is 1.53 bits per heavy atom. The smallest absolute Gasteiger partial charge is 0.201 e. The van der Waals surface area contributed by atoms with Crippen molar-refractivity contribution in [1.29, 1.82) is 0 Å². The minimum atomic E-state index is -1.11. The standard InChI is InChI=1S/C25H23F3O2/c1-3-5-17-6-8-18(9-7-17)19-10-12-22(21(26)15-19)30-16-20-11-13-23(29-14-4-2)25(28)24(20)27/h4,6-15H,3,5,16H2,1-2H3/b14-4+. The number of rotatable bonds is 8. The second-order valence-electron chi connectivity index (χ2n) is 6.82. The highest BCUT2D eigenvalue weighted by Crippen LogP contribution is 2.28. The number of hydrogen-bond donors (Lipinski definition) is 0. The van der Waals surface area contributed by atoms with Gasteiger partial charge in [-0.1, -0.05) is 49.8 Å². The minimum Gasteiger partial charge on any atom is -0.486 e. The number of aryl methyl sites for hydroxylation is 1. The van der Waals surface area contributed by atoms with Crippen LogP contribution in [0.4, 0.5) is 13.2 Å². The SMILES string of the molecule is C/C=C/Oc1ccc(COc2ccc(-c3ccc(CCC)cc3)cc2F)c(F)c1F. The van der Waals surface area contributed by atoms with Gasteiger partial charge in [-0.3, -0.25) is 0 Å². The van der Waals surface area contributed by atoms with Crippen molar-refractivity contribution in [3.63, 3.8) is 0 Å². The van der Waals surface area contributed by atoms with Crippen molar-refractivity contribution in [2.24, 2.45) is 0 Å². The lowest BCUT2D eigenvalue weighted by molar-refractivity contribution is 0.281. The van der Waals surface area contributed by atoms with E-state index in [0.717, 1.165) is 18.4 Å². The topological polar surface area (TPSA) is 18.5 Å². The Morgan fingerprint density at radius 1 is 0.833 bits per heavy atom. The van der Waals surface area contributed by atoms with Gasteiger partial charge in [-0.15, -0.1) is 0 Å². The Labute approximate surface area is 174 Å². The van der Waals surface area contributed by atoms with Crippen molar-refractivity contribution in [1.82, 2.24) is 0 Å². The summed E-state index contributed by atoms with van der Waals surface area (Å²) in [5.41, 5.74) is 2.81. The molecule has 0 aliphatic heterocycles. The van der Waals surface area contributed by atoms with Crippen LogP contribution < -0.4 is 9.47 Å². The van der Waals surface area contributed by atoms with E-state index in [1.807, 2.05) is 24.3 Å². The molecule has 5 heteroatoms. The second kappa shape index (κ2) is 10.0. The van der Waals surface area contributed by atoms with E-state index in [1.165, 1.54) is 36.1 Å². The van der Waals surface area contributed by atoms with Crippen molar-refractivity contribution >= 4 is 0 Å². The third-order valence-corrected chi connectivity index (χ3v) is 4.60. The molecule has 0 bridgehead atoms. The fourth-order valence-electron chi connectivity index (χ4n) is 3.02. The molecule has 3 aromatic carbocycles. The molecule has 2 nitrogen and oxygen atoms in total. The van der Waals surface area contributed by atoms with Crippen LogP contribution >= 0.6 is 0 Å². The van der Waals surface area contributed by atoms with Gasteiger partial charge in [-0.05, 0) is 54.3 Å². The highest BCUT2D eigenvalue weighted by molar-refractivity contribution is 5.64. The maximum absolute atomic E-state index is 14.5. The summed E-state index contributed by atoms with van der Waals surface area (Å²) in [6, 6.07) is 15.2. The van der Waals surface area contributed by atoms with Crippen LogP contribution in [0.2, 0.25) is 0 Å². The van der Waals surface area contributed by atoms with E-state index in [2.05, 4.69) is 6.92 Å². The van der Waals surface area contributed by atoms with Gasteiger partial charge in [0, 0.05) is 5.56 Å². The molecule has 3 rings (SSSR count). The van der Waals surface area contributed by atoms with Crippen LogP contribution in [-0.4, -0.2) is 0 Å². The molecule has 0 aliphatic rings.